The number of aromatic nitrogens is 3. The Balaban J connectivity index is 1.95. The SMILES string of the molecule is Cc1cc(Nc2cc(N[C@H](CC(C)C)C(N)=O)cnc2C(N)=O)nc(-c2ccncc2)c1. The number of carbonyl (C=O) groups excluding carboxylic acids is 2. The van der Waals surface area contributed by atoms with Crippen LogP contribution in [-0.2, 0) is 4.79 Å². The Bertz CT molecular complexity index is 1120. The maximum absolute atomic E-state index is 12.0. The number of hydrogen-bond donors (Lipinski definition) is 4. The van der Waals surface area contributed by atoms with Gasteiger partial charge < -0.3 is 22.1 Å². The van der Waals surface area contributed by atoms with E-state index >= 15 is 0 Å². The van der Waals surface area contributed by atoms with Crippen molar-refractivity contribution in [3.63, 3.8) is 0 Å². The summed E-state index contributed by atoms with van der Waals surface area (Å²) in [5.41, 5.74) is 14.7. The lowest BCUT2D eigenvalue weighted by Gasteiger charge is -2.19. The number of nitrogens with two attached hydrogens (primary N) is 2. The number of anilines is 3. The van der Waals surface area contributed by atoms with Crippen molar-refractivity contribution in [2.45, 2.75) is 33.2 Å². The van der Waals surface area contributed by atoms with E-state index in [-0.39, 0.29) is 11.6 Å². The van der Waals surface area contributed by atoms with Gasteiger partial charge in [0.15, 0.2) is 5.69 Å². The fourth-order valence-corrected chi connectivity index (χ4v) is 3.29. The van der Waals surface area contributed by atoms with Crippen molar-refractivity contribution in [1.82, 2.24) is 15.0 Å². The van der Waals surface area contributed by atoms with Gasteiger partial charge in [-0.25, -0.2) is 9.97 Å². The number of amides is 2. The molecule has 0 saturated heterocycles. The third kappa shape index (κ3) is 5.78. The minimum Gasteiger partial charge on any atom is -0.372 e. The quantitative estimate of drug-likeness (QED) is 0.405. The van der Waals surface area contributed by atoms with Crippen LogP contribution in [0.25, 0.3) is 11.3 Å². The van der Waals surface area contributed by atoms with E-state index in [4.69, 9.17) is 11.5 Å². The molecule has 1 atom stereocenters. The molecule has 3 rings (SSSR count). The van der Waals surface area contributed by atoms with Gasteiger partial charge in [-0.05, 0) is 55.2 Å². The summed E-state index contributed by atoms with van der Waals surface area (Å²) in [5, 5.41) is 6.24. The summed E-state index contributed by atoms with van der Waals surface area (Å²) in [7, 11) is 0. The van der Waals surface area contributed by atoms with Crippen LogP contribution in [0.1, 0.15) is 36.3 Å². The monoisotopic (exact) mass is 433 g/mol. The number of aryl methyl sites for hydroxylation is 1. The first-order valence-electron chi connectivity index (χ1n) is 10.2. The van der Waals surface area contributed by atoms with E-state index in [2.05, 4.69) is 25.6 Å². The highest BCUT2D eigenvalue weighted by molar-refractivity contribution is 5.97. The number of nitrogens with one attached hydrogen (secondary N) is 2. The molecule has 0 radical (unpaired) electrons. The van der Waals surface area contributed by atoms with E-state index in [1.165, 1.54) is 6.20 Å². The average molecular weight is 434 g/mol. The van der Waals surface area contributed by atoms with Crippen LogP contribution in [-0.4, -0.2) is 32.8 Å². The molecule has 0 aromatic carbocycles. The van der Waals surface area contributed by atoms with Crippen molar-refractivity contribution in [2.24, 2.45) is 17.4 Å². The lowest BCUT2D eigenvalue weighted by Crippen LogP contribution is -2.36. The van der Waals surface area contributed by atoms with Gasteiger partial charge in [-0.3, -0.25) is 14.6 Å². The van der Waals surface area contributed by atoms with Gasteiger partial charge in [-0.15, -0.1) is 0 Å². The molecule has 0 saturated carbocycles. The van der Waals surface area contributed by atoms with Crippen LogP contribution in [0.15, 0.2) is 48.9 Å². The average Bonchev–Trinajstić information content (AvgIpc) is 2.73. The fourth-order valence-electron chi connectivity index (χ4n) is 3.29. The van der Waals surface area contributed by atoms with Gasteiger partial charge in [-0.2, -0.15) is 0 Å². The van der Waals surface area contributed by atoms with E-state index < -0.39 is 17.9 Å². The van der Waals surface area contributed by atoms with Crippen molar-refractivity contribution < 1.29 is 9.59 Å². The molecule has 6 N–H and O–H groups in total. The van der Waals surface area contributed by atoms with Gasteiger partial charge in [0.25, 0.3) is 5.91 Å². The predicted octanol–water partition coefficient (Wildman–Crippen LogP) is 3.00. The standard InChI is InChI=1S/C23H27N7O2/c1-13(2)8-19(22(24)31)28-16-11-18(21(23(25)32)27-12-16)30-20-10-14(3)9-17(29-20)15-4-6-26-7-5-15/h4-7,9-13,19,28H,8H2,1-3H3,(H2,24,31)(H2,25,32)(H,29,30)/t19-/m1/s1. The molecular weight excluding hydrogens is 406 g/mol. The minimum atomic E-state index is -0.685. The van der Waals surface area contributed by atoms with E-state index in [9.17, 15) is 9.59 Å². The van der Waals surface area contributed by atoms with Gasteiger partial charge in [0, 0.05) is 18.0 Å². The zero-order chi connectivity index (χ0) is 23.3. The summed E-state index contributed by atoms with van der Waals surface area (Å²) in [6.45, 7) is 5.96. The van der Waals surface area contributed by atoms with Gasteiger partial charge in [0.2, 0.25) is 5.91 Å². The van der Waals surface area contributed by atoms with Crippen LogP contribution < -0.4 is 22.1 Å². The second-order valence-electron chi connectivity index (χ2n) is 7.99. The molecule has 166 valence electrons. The molecule has 0 bridgehead atoms. The summed E-state index contributed by atoms with van der Waals surface area (Å²) in [6, 6.07) is 8.63. The van der Waals surface area contributed by atoms with E-state index in [1.807, 2.05) is 45.0 Å². The first-order chi connectivity index (χ1) is 15.2. The van der Waals surface area contributed by atoms with Crippen molar-refractivity contribution in [3.05, 3.63) is 60.2 Å². The number of pyridine rings is 3. The van der Waals surface area contributed by atoms with Crippen molar-refractivity contribution in [1.29, 1.82) is 0 Å². The first kappa shape index (κ1) is 22.7. The number of hydrogen-bond acceptors (Lipinski definition) is 7. The highest BCUT2D eigenvalue weighted by Gasteiger charge is 2.19. The maximum atomic E-state index is 12.0. The smallest absolute Gasteiger partial charge is 0.269 e. The topological polar surface area (TPSA) is 149 Å². The van der Waals surface area contributed by atoms with Crippen LogP contribution in [0.2, 0.25) is 0 Å². The van der Waals surface area contributed by atoms with Gasteiger partial charge in [-0.1, -0.05) is 13.8 Å². The van der Waals surface area contributed by atoms with E-state index in [0.29, 0.717) is 23.6 Å². The molecule has 0 aliphatic rings. The molecule has 32 heavy (non-hydrogen) atoms. The third-order valence-corrected chi connectivity index (χ3v) is 4.72. The molecular formula is C23H27N7O2. The summed E-state index contributed by atoms with van der Waals surface area (Å²) < 4.78 is 0. The Labute approximate surface area is 186 Å². The van der Waals surface area contributed by atoms with E-state index in [1.54, 1.807) is 18.5 Å². The van der Waals surface area contributed by atoms with E-state index in [0.717, 1.165) is 16.8 Å². The molecule has 3 heterocycles. The molecule has 2 amide bonds. The molecule has 9 nitrogen and oxygen atoms in total. The lowest BCUT2D eigenvalue weighted by molar-refractivity contribution is -0.119. The summed E-state index contributed by atoms with van der Waals surface area (Å²) in [6.07, 6.45) is 5.41. The highest BCUT2D eigenvalue weighted by atomic mass is 16.1. The molecule has 0 spiro atoms. The largest absolute Gasteiger partial charge is 0.372 e. The molecule has 3 aromatic rings. The summed E-state index contributed by atoms with van der Waals surface area (Å²) >= 11 is 0. The summed E-state index contributed by atoms with van der Waals surface area (Å²) in [4.78, 5) is 36.6. The maximum Gasteiger partial charge on any atom is 0.269 e. The van der Waals surface area contributed by atoms with Gasteiger partial charge in [0.05, 0.1) is 23.3 Å². The first-order valence-corrected chi connectivity index (χ1v) is 10.2. The second-order valence-corrected chi connectivity index (χ2v) is 7.99. The molecule has 9 heteroatoms. The number of rotatable bonds is 9. The third-order valence-electron chi connectivity index (χ3n) is 4.72. The van der Waals surface area contributed by atoms with Crippen molar-refractivity contribution >= 4 is 29.0 Å². The molecule has 3 aromatic heterocycles. The fraction of sp³-hybridized carbons (Fsp3) is 0.261. The molecule has 0 fully saturated rings. The van der Waals surface area contributed by atoms with Crippen LogP contribution in [0.4, 0.5) is 17.2 Å². The second kappa shape index (κ2) is 9.86. The van der Waals surface area contributed by atoms with Crippen LogP contribution in [0, 0.1) is 12.8 Å². The Hall–Kier alpha value is -4.01. The van der Waals surface area contributed by atoms with Crippen molar-refractivity contribution in [3.8, 4) is 11.3 Å². The predicted molar refractivity (Wildman–Crippen MR) is 124 cm³/mol. The van der Waals surface area contributed by atoms with Gasteiger partial charge in [0.1, 0.15) is 11.9 Å². The Kier molecular flexibility index (Phi) is 6.99. The van der Waals surface area contributed by atoms with Crippen LogP contribution >= 0.6 is 0 Å². The lowest BCUT2D eigenvalue weighted by atomic mass is 10.0. The molecule has 0 unspecified atom stereocenters. The zero-order valence-corrected chi connectivity index (χ0v) is 18.3. The zero-order valence-electron chi connectivity index (χ0n) is 18.3. The Morgan fingerprint density at radius 3 is 2.44 bits per heavy atom. The minimum absolute atomic E-state index is 0.0591. The number of primary amides is 2. The number of carbonyl (C=O) groups is 2. The molecule has 0 aliphatic carbocycles. The Morgan fingerprint density at radius 2 is 1.81 bits per heavy atom. The normalized spacial score (nSPS) is 11.8. The highest BCUT2D eigenvalue weighted by Crippen LogP contribution is 2.26. The molecule has 0 aliphatic heterocycles. The van der Waals surface area contributed by atoms with Crippen molar-refractivity contribution in [2.75, 3.05) is 10.6 Å². The van der Waals surface area contributed by atoms with Gasteiger partial charge >= 0.3 is 0 Å². The number of nitrogens with zero attached hydrogens (tertiary/aromatic N) is 3. The van der Waals surface area contributed by atoms with Crippen LogP contribution in [0.3, 0.4) is 0 Å². The van der Waals surface area contributed by atoms with Crippen LogP contribution in [0.5, 0.6) is 0 Å². The Morgan fingerprint density at radius 1 is 1.09 bits per heavy atom. The summed E-state index contributed by atoms with van der Waals surface area (Å²) in [5.74, 6) is -0.366.